The Morgan fingerprint density at radius 1 is 1.30 bits per heavy atom. The van der Waals surface area contributed by atoms with Crippen molar-refractivity contribution in [3.05, 3.63) is 0 Å². The van der Waals surface area contributed by atoms with E-state index >= 15 is 0 Å². The Balaban J connectivity index is 2.10. The first-order valence-corrected chi connectivity index (χ1v) is 7.75. The first-order chi connectivity index (χ1) is 9.18. The highest BCUT2D eigenvalue weighted by atomic mass is 16.3. The van der Waals surface area contributed by atoms with Gasteiger partial charge in [0.05, 0.1) is 17.6 Å². The van der Waals surface area contributed by atoms with Crippen molar-refractivity contribution in [1.29, 1.82) is 0 Å². The number of rotatable bonds is 3. The summed E-state index contributed by atoms with van der Waals surface area (Å²) in [5.41, 5.74) is -1.48. The van der Waals surface area contributed by atoms with Crippen molar-refractivity contribution in [2.45, 2.75) is 65.4 Å². The van der Waals surface area contributed by atoms with E-state index in [2.05, 4.69) is 6.92 Å². The van der Waals surface area contributed by atoms with Crippen molar-refractivity contribution >= 4 is 11.8 Å². The average Bonchev–Trinajstić information content (AvgIpc) is 2.58. The summed E-state index contributed by atoms with van der Waals surface area (Å²) in [6.07, 6.45) is 3.57. The zero-order chi connectivity index (χ0) is 15.1. The summed E-state index contributed by atoms with van der Waals surface area (Å²) in [6, 6.07) is 0. The minimum absolute atomic E-state index is 0.107. The van der Waals surface area contributed by atoms with Gasteiger partial charge in [0.15, 0.2) is 0 Å². The number of carbonyl (C=O) groups excluding carboxylic acids is 2. The van der Waals surface area contributed by atoms with Gasteiger partial charge in [0, 0.05) is 6.42 Å². The molecule has 0 radical (unpaired) electrons. The van der Waals surface area contributed by atoms with Crippen LogP contribution in [-0.4, -0.2) is 34.0 Å². The minimum Gasteiger partial charge on any atom is -0.388 e. The Hall–Kier alpha value is -0.900. The van der Waals surface area contributed by atoms with Gasteiger partial charge in [0.2, 0.25) is 11.8 Å². The highest BCUT2D eigenvalue weighted by molar-refractivity contribution is 6.05. The van der Waals surface area contributed by atoms with Gasteiger partial charge in [-0.05, 0) is 44.4 Å². The number of carbonyl (C=O) groups is 2. The van der Waals surface area contributed by atoms with E-state index in [1.54, 1.807) is 0 Å². The van der Waals surface area contributed by atoms with Crippen molar-refractivity contribution in [2.75, 3.05) is 6.54 Å². The van der Waals surface area contributed by atoms with E-state index in [4.69, 9.17) is 0 Å². The summed E-state index contributed by atoms with van der Waals surface area (Å²) in [6.45, 7) is 8.18. The smallest absolute Gasteiger partial charge is 0.235 e. The van der Waals surface area contributed by atoms with Crippen LogP contribution < -0.4 is 0 Å². The molecule has 1 saturated carbocycles. The largest absolute Gasteiger partial charge is 0.388 e. The molecule has 2 rings (SSSR count). The summed E-state index contributed by atoms with van der Waals surface area (Å²) in [5.74, 6) is 0.522. The molecule has 1 N–H and O–H groups in total. The second-order valence-corrected chi connectivity index (χ2v) is 7.44. The van der Waals surface area contributed by atoms with Crippen molar-refractivity contribution in [1.82, 2.24) is 4.90 Å². The lowest BCUT2D eigenvalue weighted by atomic mass is 9.77. The first kappa shape index (κ1) is 15.5. The molecule has 114 valence electrons. The van der Waals surface area contributed by atoms with E-state index in [1.807, 2.05) is 20.8 Å². The van der Waals surface area contributed by atoms with Gasteiger partial charge >= 0.3 is 0 Å². The predicted octanol–water partition coefficient (Wildman–Crippen LogP) is 2.35. The molecule has 1 aliphatic carbocycles. The number of amides is 2. The van der Waals surface area contributed by atoms with Crippen molar-refractivity contribution < 1.29 is 14.7 Å². The van der Waals surface area contributed by atoms with Crippen molar-refractivity contribution in [3.63, 3.8) is 0 Å². The van der Waals surface area contributed by atoms with Crippen LogP contribution in [0.25, 0.3) is 0 Å². The zero-order valence-electron chi connectivity index (χ0n) is 13.1. The Kier molecular flexibility index (Phi) is 3.98. The van der Waals surface area contributed by atoms with Crippen LogP contribution in [0.1, 0.15) is 59.8 Å². The summed E-state index contributed by atoms with van der Waals surface area (Å²) < 4.78 is 0. The van der Waals surface area contributed by atoms with Crippen LogP contribution >= 0.6 is 0 Å². The minimum atomic E-state index is -0.875. The molecule has 0 aromatic carbocycles. The van der Waals surface area contributed by atoms with Crippen LogP contribution in [0.15, 0.2) is 0 Å². The number of imide groups is 1. The standard InChI is InChI=1S/C16H27NO3/c1-11(2)15(4)9-13(18)17(14(15)19)10-16(20)7-5-12(3)6-8-16/h11-12,20H,5-10H2,1-4H3. The maximum absolute atomic E-state index is 12.6. The Morgan fingerprint density at radius 3 is 2.30 bits per heavy atom. The van der Waals surface area contributed by atoms with Crippen molar-refractivity contribution in [2.24, 2.45) is 17.3 Å². The molecule has 0 aromatic rings. The van der Waals surface area contributed by atoms with Crippen LogP contribution in [0.3, 0.4) is 0 Å². The number of aliphatic hydroxyl groups is 1. The molecule has 1 aliphatic heterocycles. The number of nitrogens with zero attached hydrogens (tertiary/aromatic N) is 1. The van der Waals surface area contributed by atoms with Crippen LogP contribution in [0, 0.1) is 17.3 Å². The molecule has 20 heavy (non-hydrogen) atoms. The van der Waals surface area contributed by atoms with Crippen LogP contribution in [0.4, 0.5) is 0 Å². The second-order valence-electron chi connectivity index (χ2n) is 7.44. The van der Waals surface area contributed by atoms with E-state index in [9.17, 15) is 14.7 Å². The fourth-order valence-electron chi connectivity index (χ4n) is 3.27. The highest BCUT2D eigenvalue weighted by Crippen LogP contribution is 2.41. The monoisotopic (exact) mass is 281 g/mol. The van der Waals surface area contributed by atoms with E-state index in [0.29, 0.717) is 18.8 Å². The van der Waals surface area contributed by atoms with Crippen LogP contribution in [-0.2, 0) is 9.59 Å². The summed E-state index contributed by atoms with van der Waals surface area (Å²) >= 11 is 0. The topological polar surface area (TPSA) is 57.6 Å². The summed E-state index contributed by atoms with van der Waals surface area (Å²) in [4.78, 5) is 26.0. The van der Waals surface area contributed by atoms with E-state index < -0.39 is 11.0 Å². The van der Waals surface area contributed by atoms with Gasteiger partial charge in [-0.15, -0.1) is 0 Å². The molecule has 1 unspecified atom stereocenters. The molecule has 4 nitrogen and oxygen atoms in total. The number of hydrogen-bond donors (Lipinski definition) is 1. The van der Waals surface area contributed by atoms with E-state index in [1.165, 1.54) is 4.90 Å². The highest BCUT2D eigenvalue weighted by Gasteiger charge is 2.51. The molecule has 0 aromatic heterocycles. The van der Waals surface area contributed by atoms with Gasteiger partial charge in [0.1, 0.15) is 0 Å². The Bertz CT molecular complexity index is 410. The lowest BCUT2D eigenvalue weighted by Gasteiger charge is -2.37. The van der Waals surface area contributed by atoms with Gasteiger partial charge in [-0.1, -0.05) is 20.8 Å². The summed E-state index contributed by atoms with van der Waals surface area (Å²) in [5, 5.41) is 10.6. The Labute approximate surface area is 121 Å². The van der Waals surface area contributed by atoms with Crippen LogP contribution in [0.5, 0.6) is 0 Å². The lowest BCUT2D eigenvalue weighted by molar-refractivity contribution is -0.147. The lowest BCUT2D eigenvalue weighted by Crippen LogP contribution is -2.48. The molecule has 0 spiro atoms. The van der Waals surface area contributed by atoms with Gasteiger partial charge in [-0.2, -0.15) is 0 Å². The third kappa shape index (κ3) is 2.62. The fourth-order valence-corrected chi connectivity index (χ4v) is 3.27. The summed E-state index contributed by atoms with van der Waals surface area (Å²) in [7, 11) is 0. The van der Waals surface area contributed by atoms with Crippen molar-refractivity contribution in [3.8, 4) is 0 Å². The van der Waals surface area contributed by atoms with Crippen LogP contribution in [0.2, 0.25) is 0 Å². The van der Waals surface area contributed by atoms with Gasteiger partial charge in [-0.3, -0.25) is 14.5 Å². The molecule has 2 fully saturated rings. The van der Waals surface area contributed by atoms with Gasteiger partial charge in [0.25, 0.3) is 0 Å². The molecule has 2 aliphatic rings. The molecule has 4 heteroatoms. The van der Waals surface area contributed by atoms with E-state index in [0.717, 1.165) is 12.8 Å². The molecule has 0 bridgehead atoms. The molecular formula is C16H27NO3. The number of hydrogen-bond acceptors (Lipinski definition) is 3. The maximum atomic E-state index is 12.6. The third-order valence-corrected chi connectivity index (χ3v) is 5.48. The maximum Gasteiger partial charge on any atom is 0.235 e. The third-order valence-electron chi connectivity index (χ3n) is 5.48. The number of β-amino-alcohol motifs (C(OH)–C–C–N with tert-alkyl or cyclic N) is 1. The van der Waals surface area contributed by atoms with Gasteiger partial charge < -0.3 is 5.11 Å². The quantitative estimate of drug-likeness (QED) is 0.808. The molecule has 1 heterocycles. The molecule has 2 amide bonds. The first-order valence-electron chi connectivity index (χ1n) is 7.75. The average molecular weight is 281 g/mol. The zero-order valence-corrected chi connectivity index (χ0v) is 13.1. The molecule has 1 saturated heterocycles. The fraction of sp³-hybridized carbons (Fsp3) is 0.875. The van der Waals surface area contributed by atoms with E-state index in [-0.39, 0.29) is 30.7 Å². The number of likely N-dealkylation sites (tertiary alicyclic amines) is 1. The second kappa shape index (κ2) is 5.14. The SMILES string of the molecule is CC1CCC(O)(CN2C(=O)CC(C)(C(C)C)C2=O)CC1. The Morgan fingerprint density at radius 2 is 1.85 bits per heavy atom. The normalized spacial score (nSPS) is 38.9. The van der Waals surface area contributed by atoms with Gasteiger partial charge in [-0.25, -0.2) is 0 Å². The predicted molar refractivity (Wildman–Crippen MR) is 76.9 cm³/mol. The molecular weight excluding hydrogens is 254 g/mol. The molecule has 1 atom stereocenters.